The Hall–Kier alpha value is -1.55. The van der Waals surface area contributed by atoms with Crippen molar-refractivity contribution in [1.82, 2.24) is 10.2 Å². The normalized spacial score (nSPS) is 25.8. The van der Waals surface area contributed by atoms with Crippen LogP contribution in [-0.2, 0) is 6.42 Å². The van der Waals surface area contributed by atoms with Crippen molar-refractivity contribution in [1.29, 1.82) is 0 Å². The van der Waals surface area contributed by atoms with Crippen molar-refractivity contribution in [2.75, 3.05) is 20.6 Å². The summed E-state index contributed by atoms with van der Waals surface area (Å²) in [4.78, 5) is 13.2. The molecule has 0 radical (unpaired) electrons. The maximum atomic E-state index is 10.8. The maximum Gasteiger partial charge on any atom is 0.312 e. The van der Waals surface area contributed by atoms with Crippen molar-refractivity contribution in [3.63, 3.8) is 0 Å². The van der Waals surface area contributed by atoms with E-state index in [0.29, 0.717) is 12.5 Å². The first kappa shape index (κ1) is 15.8. The Kier molecular flexibility index (Phi) is 5.23. The molecule has 0 spiro atoms. The summed E-state index contributed by atoms with van der Waals surface area (Å²) in [6.07, 6.45) is 5.72. The van der Waals surface area contributed by atoms with E-state index in [1.807, 2.05) is 0 Å². The molecule has 4 nitrogen and oxygen atoms in total. The maximum absolute atomic E-state index is 10.8. The Bertz CT molecular complexity index is 450. The molecule has 1 fully saturated rings. The monoisotopic (exact) mass is 289 g/mol. The molecule has 3 N–H and O–H groups in total. The van der Waals surface area contributed by atoms with Crippen LogP contribution < -0.4 is 11.1 Å². The van der Waals surface area contributed by atoms with Gasteiger partial charge in [-0.05, 0) is 57.7 Å². The topological polar surface area (TPSA) is 58.4 Å². The number of nitrogens with two attached hydrogens (primary N) is 1. The van der Waals surface area contributed by atoms with Crippen LogP contribution in [0.15, 0.2) is 30.3 Å². The van der Waals surface area contributed by atoms with Gasteiger partial charge < -0.3 is 16.0 Å². The van der Waals surface area contributed by atoms with E-state index >= 15 is 0 Å². The molecule has 1 aromatic rings. The van der Waals surface area contributed by atoms with Crippen molar-refractivity contribution >= 4 is 6.03 Å². The molecule has 1 aromatic carbocycles. The molecule has 0 unspecified atom stereocenters. The first-order valence-electron chi connectivity index (χ1n) is 7.76. The minimum atomic E-state index is -0.413. The molecule has 1 aliphatic carbocycles. The highest BCUT2D eigenvalue weighted by atomic mass is 16.2. The number of urea groups is 1. The molecule has 0 atom stereocenters. The SMILES string of the molecule is CN(C)C1(Cc2ccccc2)CCC(CNC(N)=O)CC1. The van der Waals surface area contributed by atoms with Crippen LogP contribution >= 0.6 is 0 Å². The lowest BCUT2D eigenvalue weighted by Gasteiger charge is -2.45. The number of primary amides is 1. The quantitative estimate of drug-likeness (QED) is 0.874. The number of rotatable bonds is 5. The average Bonchev–Trinajstić information content (AvgIpc) is 2.47. The fourth-order valence-electron chi connectivity index (χ4n) is 3.42. The molecule has 4 heteroatoms. The number of likely N-dealkylation sites (N-methyl/N-ethyl adjacent to an activating group) is 1. The Morgan fingerprint density at radius 1 is 1.29 bits per heavy atom. The molecule has 0 aliphatic heterocycles. The molecule has 0 heterocycles. The van der Waals surface area contributed by atoms with E-state index < -0.39 is 6.03 Å². The lowest BCUT2D eigenvalue weighted by molar-refractivity contribution is 0.0797. The third-order valence-electron chi connectivity index (χ3n) is 4.93. The Morgan fingerprint density at radius 2 is 1.90 bits per heavy atom. The minimum Gasteiger partial charge on any atom is -0.352 e. The second-order valence-electron chi connectivity index (χ2n) is 6.47. The summed E-state index contributed by atoms with van der Waals surface area (Å²) < 4.78 is 0. The van der Waals surface area contributed by atoms with Crippen LogP contribution in [0.3, 0.4) is 0 Å². The third-order valence-corrected chi connectivity index (χ3v) is 4.93. The van der Waals surface area contributed by atoms with Crippen molar-refractivity contribution in [2.24, 2.45) is 11.7 Å². The highest BCUT2D eigenvalue weighted by Gasteiger charge is 2.37. The highest BCUT2D eigenvalue weighted by molar-refractivity contribution is 5.71. The van der Waals surface area contributed by atoms with Crippen molar-refractivity contribution < 1.29 is 4.79 Å². The van der Waals surface area contributed by atoms with Crippen molar-refractivity contribution in [3.05, 3.63) is 35.9 Å². The second-order valence-corrected chi connectivity index (χ2v) is 6.47. The highest BCUT2D eigenvalue weighted by Crippen LogP contribution is 2.37. The summed E-state index contributed by atoms with van der Waals surface area (Å²) in [5.41, 5.74) is 6.80. The van der Waals surface area contributed by atoms with Crippen LogP contribution in [0.2, 0.25) is 0 Å². The first-order valence-corrected chi connectivity index (χ1v) is 7.76. The van der Waals surface area contributed by atoms with E-state index in [9.17, 15) is 4.79 Å². The Labute approximate surface area is 127 Å². The second kappa shape index (κ2) is 6.94. The summed E-state index contributed by atoms with van der Waals surface area (Å²) in [5.74, 6) is 0.557. The smallest absolute Gasteiger partial charge is 0.312 e. The van der Waals surface area contributed by atoms with Crippen LogP contribution in [-0.4, -0.2) is 37.1 Å². The lowest BCUT2D eigenvalue weighted by atomic mass is 9.72. The zero-order valence-electron chi connectivity index (χ0n) is 13.1. The third kappa shape index (κ3) is 4.21. The van der Waals surface area contributed by atoms with Gasteiger partial charge in [0.15, 0.2) is 0 Å². The average molecular weight is 289 g/mol. The number of hydrogen-bond donors (Lipinski definition) is 2. The van der Waals surface area contributed by atoms with Gasteiger partial charge in [-0.3, -0.25) is 0 Å². The number of carbonyl (C=O) groups is 1. The van der Waals surface area contributed by atoms with E-state index in [4.69, 9.17) is 5.73 Å². The van der Waals surface area contributed by atoms with Gasteiger partial charge in [-0.1, -0.05) is 30.3 Å². The van der Waals surface area contributed by atoms with Gasteiger partial charge in [0.2, 0.25) is 0 Å². The van der Waals surface area contributed by atoms with E-state index in [1.54, 1.807) is 0 Å². The van der Waals surface area contributed by atoms with E-state index in [2.05, 4.69) is 54.6 Å². The summed E-state index contributed by atoms with van der Waals surface area (Å²) in [6.45, 7) is 0.712. The van der Waals surface area contributed by atoms with Crippen LogP contribution in [0, 0.1) is 5.92 Å². The largest absolute Gasteiger partial charge is 0.352 e. The molecule has 2 rings (SSSR count). The number of benzene rings is 1. The molecule has 0 aromatic heterocycles. The Balaban J connectivity index is 1.97. The van der Waals surface area contributed by atoms with Crippen molar-refractivity contribution in [2.45, 2.75) is 37.6 Å². The van der Waals surface area contributed by atoms with Crippen LogP contribution in [0.25, 0.3) is 0 Å². The number of carbonyl (C=O) groups excluding carboxylic acids is 1. The van der Waals surface area contributed by atoms with Gasteiger partial charge in [0.25, 0.3) is 0 Å². The van der Waals surface area contributed by atoms with Crippen molar-refractivity contribution in [3.8, 4) is 0 Å². The number of nitrogens with zero attached hydrogens (tertiary/aromatic N) is 1. The summed E-state index contributed by atoms with van der Waals surface area (Å²) in [5, 5.41) is 2.75. The summed E-state index contributed by atoms with van der Waals surface area (Å²) >= 11 is 0. The van der Waals surface area contributed by atoms with Crippen LogP contribution in [0.1, 0.15) is 31.2 Å². The lowest BCUT2D eigenvalue weighted by Crippen LogP contribution is -2.49. The van der Waals surface area contributed by atoms with Gasteiger partial charge in [-0.25, -0.2) is 4.79 Å². The number of nitrogens with one attached hydrogen (secondary N) is 1. The molecule has 0 bridgehead atoms. The molecule has 21 heavy (non-hydrogen) atoms. The van der Waals surface area contributed by atoms with Gasteiger partial charge in [0.1, 0.15) is 0 Å². The first-order chi connectivity index (χ1) is 10.0. The summed E-state index contributed by atoms with van der Waals surface area (Å²) in [6, 6.07) is 10.3. The molecular weight excluding hydrogens is 262 g/mol. The predicted molar refractivity (Wildman–Crippen MR) is 86.1 cm³/mol. The Morgan fingerprint density at radius 3 is 2.43 bits per heavy atom. The molecule has 1 saturated carbocycles. The van der Waals surface area contributed by atoms with E-state index in [1.165, 1.54) is 18.4 Å². The molecule has 0 saturated heterocycles. The minimum absolute atomic E-state index is 0.241. The van der Waals surface area contributed by atoms with Gasteiger partial charge in [-0.15, -0.1) is 0 Å². The zero-order valence-corrected chi connectivity index (χ0v) is 13.1. The molecule has 1 aliphatic rings. The number of hydrogen-bond acceptors (Lipinski definition) is 2. The van der Waals surface area contributed by atoms with E-state index in [0.717, 1.165) is 19.3 Å². The predicted octanol–water partition coefficient (Wildman–Crippen LogP) is 2.39. The van der Waals surface area contributed by atoms with Gasteiger partial charge in [-0.2, -0.15) is 0 Å². The molecular formula is C17H27N3O. The zero-order chi connectivity index (χ0) is 15.3. The summed E-state index contributed by atoms with van der Waals surface area (Å²) in [7, 11) is 4.37. The van der Waals surface area contributed by atoms with Gasteiger partial charge in [0, 0.05) is 12.1 Å². The van der Waals surface area contributed by atoms with Gasteiger partial charge >= 0.3 is 6.03 Å². The number of amides is 2. The fraction of sp³-hybridized carbons (Fsp3) is 0.588. The van der Waals surface area contributed by atoms with Crippen LogP contribution in [0.5, 0.6) is 0 Å². The fourth-order valence-corrected chi connectivity index (χ4v) is 3.42. The van der Waals surface area contributed by atoms with Crippen LogP contribution in [0.4, 0.5) is 4.79 Å². The van der Waals surface area contributed by atoms with E-state index in [-0.39, 0.29) is 5.54 Å². The molecule has 116 valence electrons. The van der Waals surface area contributed by atoms with Gasteiger partial charge in [0.05, 0.1) is 0 Å². The standard InChI is InChI=1S/C17H27N3O/c1-20(2)17(12-14-6-4-3-5-7-14)10-8-15(9-11-17)13-19-16(18)21/h3-7,15H,8-13H2,1-2H3,(H3,18,19,21). The molecule has 2 amide bonds.